The SMILES string of the molecule is CCNC(=O)N1CCN(C(=O)C[N+]23CCC(CC2)CC3)CC1.[HH]. The third kappa shape index (κ3) is 3.21. The van der Waals surface area contributed by atoms with E-state index >= 15 is 0 Å². The Bertz CT molecular complexity index is 416. The highest BCUT2D eigenvalue weighted by Gasteiger charge is 2.42. The smallest absolute Gasteiger partial charge is 0.317 e. The number of nitrogens with zero attached hydrogens (tertiary/aromatic N) is 3. The minimum absolute atomic E-state index is 0. The average molecular weight is 311 g/mol. The highest BCUT2D eigenvalue weighted by Crippen LogP contribution is 2.33. The lowest BCUT2D eigenvalue weighted by Gasteiger charge is -2.49. The van der Waals surface area contributed by atoms with Gasteiger partial charge in [0.2, 0.25) is 0 Å². The van der Waals surface area contributed by atoms with Gasteiger partial charge in [0.25, 0.3) is 5.91 Å². The van der Waals surface area contributed by atoms with Crippen LogP contribution in [-0.2, 0) is 4.79 Å². The molecule has 1 N–H and O–H groups in total. The monoisotopic (exact) mass is 311 g/mol. The van der Waals surface area contributed by atoms with Gasteiger partial charge in [0, 0.05) is 34.2 Å². The van der Waals surface area contributed by atoms with Gasteiger partial charge in [-0.1, -0.05) is 0 Å². The van der Waals surface area contributed by atoms with Crippen molar-refractivity contribution in [1.29, 1.82) is 0 Å². The van der Waals surface area contributed by atoms with Gasteiger partial charge >= 0.3 is 6.03 Å². The van der Waals surface area contributed by atoms with E-state index < -0.39 is 0 Å². The molecule has 0 atom stereocenters. The summed E-state index contributed by atoms with van der Waals surface area (Å²) < 4.78 is 1.02. The maximum absolute atomic E-state index is 12.6. The van der Waals surface area contributed by atoms with Crippen molar-refractivity contribution >= 4 is 11.9 Å². The molecule has 4 heterocycles. The van der Waals surface area contributed by atoms with Crippen molar-refractivity contribution in [2.45, 2.75) is 26.2 Å². The lowest BCUT2D eigenvalue weighted by atomic mass is 9.86. The molecule has 2 bridgehead atoms. The molecular weight excluding hydrogens is 280 g/mol. The van der Waals surface area contributed by atoms with Crippen LogP contribution in [0.15, 0.2) is 0 Å². The molecule has 0 saturated carbocycles. The zero-order valence-electron chi connectivity index (χ0n) is 13.7. The van der Waals surface area contributed by atoms with Crippen LogP contribution in [0.1, 0.15) is 27.6 Å². The lowest BCUT2D eigenvalue weighted by Crippen LogP contribution is -2.63. The Hall–Kier alpha value is -1.30. The van der Waals surface area contributed by atoms with Crippen LogP contribution in [0.3, 0.4) is 0 Å². The molecule has 6 nitrogen and oxygen atoms in total. The van der Waals surface area contributed by atoms with E-state index in [9.17, 15) is 9.59 Å². The van der Waals surface area contributed by atoms with Crippen LogP contribution in [0.2, 0.25) is 0 Å². The van der Waals surface area contributed by atoms with Crippen molar-refractivity contribution in [3.63, 3.8) is 0 Å². The summed E-state index contributed by atoms with van der Waals surface area (Å²) in [5, 5.41) is 2.83. The summed E-state index contributed by atoms with van der Waals surface area (Å²) in [6, 6.07) is -0.00502. The number of fused-ring (bicyclic) bond motifs is 3. The van der Waals surface area contributed by atoms with Gasteiger partial charge in [-0.3, -0.25) is 4.79 Å². The number of rotatable bonds is 3. The molecule has 3 amide bonds. The Morgan fingerprint density at radius 2 is 1.59 bits per heavy atom. The Labute approximate surface area is 134 Å². The number of urea groups is 1. The third-order valence-corrected chi connectivity index (χ3v) is 5.75. The first-order chi connectivity index (χ1) is 10.6. The Morgan fingerprint density at radius 3 is 2.14 bits per heavy atom. The van der Waals surface area contributed by atoms with E-state index in [0.717, 1.165) is 10.4 Å². The molecule has 0 aliphatic carbocycles. The predicted octanol–water partition coefficient (Wildman–Crippen LogP) is 0.737. The molecule has 4 aliphatic rings. The fraction of sp³-hybridized carbons (Fsp3) is 0.875. The van der Waals surface area contributed by atoms with Crippen LogP contribution in [-0.4, -0.2) is 85.1 Å². The summed E-state index contributed by atoms with van der Waals surface area (Å²) >= 11 is 0. The topological polar surface area (TPSA) is 52.7 Å². The molecule has 0 aromatic carbocycles. The van der Waals surface area contributed by atoms with Crippen molar-refractivity contribution in [3.05, 3.63) is 0 Å². The second-order valence-electron chi connectivity index (χ2n) is 7.11. The predicted molar refractivity (Wildman–Crippen MR) is 86.4 cm³/mol. The fourth-order valence-electron chi connectivity index (χ4n) is 4.18. The third-order valence-electron chi connectivity index (χ3n) is 5.75. The van der Waals surface area contributed by atoms with Gasteiger partial charge < -0.3 is 19.6 Å². The largest absolute Gasteiger partial charge is 0.338 e. The van der Waals surface area contributed by atoms with Gasteiger partial charge in [0.1, 0.15) is 0 Å². The molecule has 0 radical (unpaired) electrons. The van der Waals surface area contributed by atoms with Crippen LogP contribution < -0.4 is 5.32 Å². The Balaban J connectivity index is 0.00000192. The molecule has 0 aromatic heterocycles. The number of hydrogen-bond donors (Lipinski definition) is 1. The second kappa shape index (κ2) is 6.44. The number of hydrogen-bond acceptors (Lipinski definition) is 2. The summed E-state index contributed by atoms with van der Waals surface area (Å²) in [6.07, 6.45) is 3.91. The molecule has 0 unspecified atom stereocenters. The minimum atomic E-state index is -0.00502. The van der Waals surface area contributed by atoms with Crippen molar-refractivity contribution < 1.29 is 15.5 Å². The van der Waals surface area contributed by atoms with Gasteiger partial charge in [0.05, 0.1) is 19.6 Å². The quantitative estimate of drug-likeness (QED) is 0.782. The summed E-state index contributed by atoms with van der Waals surface area (Å²) in [7, 11) is 0. The summed E-state index contributed by atoms with van der Waals surface area (Å²) in [4.78, 5) is 28.2. The van der Waals surface area contributed by atoms with Crippen LogP contribution in [0.25, 0.3) is 0 Å². The van der Waals surface area contributed by atoms with Crippen LogP contribution in [0.4, 0.5) is 4.79 Å². The van der Waals surface area contributed by atoms with E-state index in [2.05, 4.69) is 5.32 Å². The van der Waals surface area contributed by atoms with E-state index in [4.69, 9.17) is 0 Å². The van der Waals surface area contributed by atoms with E-state index in [1.54, 1.807) is 0 Å². The summed E-state index contributed by atoms with van der Waals surface area (Å²) in [6.45, 7) is 9.48. The Morgan fingerprint density at radius 1 is 1.05 bits per heavy atom. The van der Waals surface area contributed by atoms with Crippen molar-refractivity contribution in [2.24, 2.45) is 5.92 Å². The number of carbonyl (C=O) groups is 2. The number of carbonyl (C=O) groups excluding carboxylic acids is 2. The molecule has 4 aliphatic heterocycles. The first-order valence-corrected chi connectivity index (χ1v) is 8.77. The van der Waals surface area contributed by atoms with Gasteiger partial charge in [-0.25, -0.2) is 4.79 Å². The molecule has 0 aromatic rings. The zero-order chi connectivity index (χ0) is 15.6. The van der Waals surface area contributed by atoms with E-state index in [1.165, 1.54) is 38.9 Å². The molecular formula is C16H31N4O2+. The number of nitrogens with one attached hydrogen (secondary N) is 1. The highest BCUT2D eigenvalue weighted by molar-refractivity contribution is 5.78. The number of amides is 3. The molecule has 22 heavy (non-hydrogen) atoms. The van der Waals surface area contributed by atoms with Crippen molar-refractivity contribution in [1.82, 2.24) is 15.1 Å². The number of piperazine rings is 1. The van der Waals surface area contributed by atoms with Crippen molar-refractivity contribution in [3.8, 4) is 0 Å². The summed E-state index contributed by atoms with van der Waals surface area (Å²) in [5.41, 5.74) is 0. The van der Waals surface area contributed by atoms with E-state index in [0.29, 0.717) is 39.3 Å². The fourth-order valence-corrected chi connectivity index (χ4v) is 4.18. The standard InChI is InChI=1S/C16H28N4O2.H2/c1-2-17-16(22)19-8-6-18(7-9-19)15(21)13-20-10-3-14(4-11-20)5-12-20;/h14H,2-13H2,1H3;1H/p+1. The maximum Gasteiger partial charge on any atom is 0.317 e. The first-order valence-electron chi connectivity index (χ1n) is 8.77. The molecule has 6 heteroatoms. The first kappa shape index (κ1) is 15.6. The molecule has 126 valence electrons. The maximum atomic E-state index is 12.6. The van der Waals surface area contributed by atoms with Gasteiger partial charge in [-0.15, -0.1) is 0 Å². The molecule has 0 spiro atoms. The van der Waals surface area contributed by atoms with E-state index in [1.807, 2.05) is 16.7 Å². The number of piperidine rings is 3. The highest BCUT2D eigenvalue weighted by atomic mass is 16.2. The van der Waals surface area contributed by atoms with Gasteiger partial charge in [-0.05, 0) is 32.1 Å². The zero-order valence-corrected chi connectivity index (χ0v) is 13.7. The van der Waals surface area contributed by atoms with Crippen LogP contribution in [0.5, 0.6) is 0 Å². The van der Waals surface area contributed by atoms with Gasteiger partial charge in [0.15, 0.2) is 6.54 Å². The molecule has 4 saturated heterocycles. The second-order valence-corrected chi connectivity index (χ2v) is 7.11. The minimum Gasteiger partial charge on any atom is -0.338 e. The molecule has 4 fully saturated rings. The van der Waals surface area contributed by atoms with Crippen molar-refractivity contribution in [2.75, 3.05) is 58.9 Å². The molecule has 4 rings (SSSR count). The van der Waals surface area contributed by atoms with Gasteiger partial charge in [-0.2, -0.15) is 0 Å². The van der Waals surface area contributed by atoms with Crippen LogP contribution >= 0.6 is 0 Å². The lowest BCUT2D eigenvalue weighted by molar-refractivity contribution is -0.935. The number of quaternary nitrogens is 1. The Kier molecular flexibility index (Phi) is 4.57. The average Bonchev–Trinajstić information content (AvgIpc) is 2.56. The normalized spacial score (nSPS) is 31.2. The summed E-state index contributed by atoms with van der Waals surface area (Å²) in [5.74, 6) is 1.21. The van der Waals surface area contributed by atoms with E-state index in [-0.39, 0.29) is 13.4 Å². The van der Waals surface area contributed by atoms with Crippen LogP contribution in [0, 0.1) is 5.92 Å².